The van der Waals surface area contributed by atoms with E-state index in [1.54, 1.807) is 17.8 Å². The summed E-state index contributed by atoms with van der Waals surface area (Å²) in [5.74, 6) is -0.626. The van der Waals surface area contributed by atoms with Crippen molar-refractivity contribution >= 4 is 34.3 Å². The summed E-state index contributed by atoms with van der Waals surface area (Å²) in [7, 11) is 1.42. The van der Waals surface area contributed by atoms with Gasteiger partial charge in [-0.2, -0.15) is 0 Å². The summed E-state index contributed by atoms with van der Waals surface area (Å²) in [4.78, 5) is 22.3. The Morgan fingerprint density at radius 1 is 1.07 bits per heavy atom. The lowest BCUT2D eigenvalue weighted by Gasteiger charge is -2.09. The van der Waals surface area contributed by atoms with Gasteiger partial charge in [0.15, 0.2) is 17.2 Å². The van der Waals surface area contributed by atoms with E-state index in [2.05, 4.69) is 46.5 Å². The number of hydrogen-bond acceptors (Lipinski definition) is 6. The smallest absolute Gasteiger partial charge is 0.278 e. The minimum atomic E-state index is -0.523. The number of nitrogens with zero attached hydrogens (tertiary/aromatic N) is 2. The van der Waals surface area contributed by atoms with Crippen LogP contribution >= 0.6 is 11.8 Å². The molecule has 0 radical (unpaired) electrons. The Hall–Kier alpha value is -3.58. The molecule has 7 heteroatoms. The zero-order valence-electron chi connectivity index (χ0n) is 16.4. The minimum Gasteiger partial charge on any atom is -0.503 e. The number of anilines is 1. The van der Waals surface area contributed by atoms with Crippen LogP contribution in [0.5, 0.6) is 11.5 Å². The van der Waals surface area contributed by atoms with Crippen LogP contribution in [0.25, 0.3) is 10.9 Å². The molecule has 2 aromatic heterocycles. The molecule has 2 aromatic carbocycles. The number of pyridine rings is 2. The van der Waals surface area contributed by atoms with Gasteiger partial charge in [-0.15, -0.1) is 0 Å². The highest BCUT2D eigenvalue weighted by Crippen LogP contribution is 2.30. The highest BCUT2D eigenvalue weighted by molar-refractivity contribution is 7.99. The average Bonchev–Trinajstić information content (AvgIpc) is 2.75. The first-order chi connectivity index (χ1) is 14.5. The van der Waals surface area contributed by atoms with Crippen molar-refractivity contribution in [2.45, 2.75) is 16.8 Å². The topological polar surface area (TPSA) is 84.3 Å². The van der Waals surface area contributed by atoms with Crippen molar-refractivity contribution in [2.24, 2.45) is 0 Å². The summed E-state index contributed by atoms with van der Waals surface area (Å²) in [5.41, 5.74) is 2.53. The van der Waals surface area contributed by atoms with Gasteiger partial charge >= 0.3 is 0 Å². The van der Waals surface area contributed by atoms with Gasteiger partial charge in [-0.25, -0.2) is 9.97 Å². The van der Waals surface area contributed by atoms with Crippen LogP contribution in [0.15, 0.2) is 76.8 Å². The number of ether oxygens (including phenoxy) is 1. The van der Waals surface area contributed by atoms with Crippen LogP contribution < -0.4 is 10.1 Å². The average molecular weight is 417 g/mol. The molecule has 0 saturated carbocycles. The summed E-state index contributed by atoms with van der Waals surface area (Å²) >= 11 is 1.60. The fourth-order valence-corrected chi connectivity index (χ4v) is 3.72. The third kappa shape index (κ3) is 4.21. The number of carbonyl (C=O) groups is 1. The fraction of sp³-hybridized carbons (Fsp3) is 0.0870. The predicted molar refractivity (Wildman–Crippen MR) is 117 cm³/mol. The number of rotatable bonds is 5. The maximum Gasteiger partial charge on any atom is 0.278 e. The molecule has 0 aliphatic carbocycles. The SMILES string of the molecule is COc1ccnc(C(=O)Nc2ccc3nc(Sc4ccc(C)cc4)ccc3c2)c1O. The summed E-state index contributed by atoms with van der Waals surface area (Å²) in [6.45, 7) is 2.06. The Kier molecular flexibility index (Phi) is 5.54. The molecule has 0 spiro atoms. The Labute approximate surface area is 178 Å². The number of amides is 1. The molecular formula is C23H19N3O3S. The van der Waals surface area contributed by atoms with Crippen molar-refractivity contribution in [3.63, 3.8) is 0 Å². The molecule has 6 nitrogen and oxygen atoms in total. The summed E-state index contributed by atoms with van der Waals surface area (Å²) in [6, 6.07) is 19.2. The monoisotopic (exact) mass is 417 g/mol. The number of aromatic hydroxyl groups is 1. The van der Waals surface area contributed by atoms with E-state index in [0.29, 0.717) is 5.69 Å². The van der Waals surface area contributed by atoms with Crippen molar-refractivity contribution in [3.05, 3.63) is 78.1 Å². The minimum absolute atomic E-state index is 0.0996. The molecule has 4 rings (SSSR count). The van der Waals surface area contributed by atoms with Crippen LogP contribution in [0.1, 0.15) is 16.1 Å². The highest BCUT2D eigenvalue weighted by atomic mass is 32.2. The molecular weight excluding hydrogens is 398 g/mol. The molecule has 0 saturated heterocycles. The molecule has 0 aliphatic heterocycles. The number of hydrogen-bond donors (Lipinski definition) is 2. The number of carbonyl (C=O) groups excluding carboxylic acids is 1. The van der Waals surface area contributed by atoms with Gasteiger partial charge in [0, 0.05) is 28.2 Å². The van der Waals surface area contributed by atoms with Crippen LogP contribution in [0, 0.1) is 6.92 Å². The van der Waals surface area contributed by atoms with Crippen LogP contribution in [0.2, 0.25) is 0 Å². The first kappa shape index (κ1) is 19.7. The van der Waals surface area contributed by atoms with Crippen LogP contribution in [-0.4, -0.2) is 28.1 Å². The molecule has 0 unspecified atom stereocenters. The zero-order valence-corrected chi connectivity index (χ0v) is 17.2. The van der Waals surface area contributed by atoms with Crippen molar-refractivity contribution in [1.29, 1.82) is 0 Å². The van der Waals surface area contributed by atoms with Gasteiger partial charge < -0.3 is 15.2 Å². The van der Waals surface area contributed by atoms with E-state index in [1.165, 1.54) is 24.9 Å². The molecule has 1 amide bonds. The second-order valence-electron chi connectivity index (χ2n) is 6.64. The highest BCUT2D eigenvalue weighted by Gasteiger charge is 2.17. The van der Waals surface area contributed by atoms with Gasteiger partial charge in [0.2, 0.25) is 0 Å². The summed E-state index contributed by atoms with van der Waals surface area (Å²) in [5, 5.41) is 14.7. The standard InChI is InChI=1S/C23H19N3O3S/c1-14-3-7-17(8-4-14)30-20-10-5-15-13-16(6-9-18(15)26-20)25-23(28)21-22(27)19(29-2)11-12-24-21/h3-13,27H,1-2H3,(H,25,28). The lowest BCUT2D eigenvalue weighted by Crippen LogP contribution is -2.14. The predicted octanol–water partition coefficient (Wildman–Crippen LogP) is 5.06. The van der Waals surface area contributed by atoms with Crippen LogP contribution in [0.3, 0.4) is 0 Å². The summed E-state index contributed by atoms with van der Waals surface area (Å²) < 4.78 is 5.02. The summed E-state index contributed by atoms with van der Waals surface area (Å²) in [6.07, 6.45) is 1.41. The van der Waals surface area contributed by atoms with E-state index < -0.39 is 5.91 Å². The maximum atomic E-state index is 12.5. The Bertz CT molecular complexity index is 1230. The lowest BCUT2D eigenvalue weighted by molar-refractivity contribution is 0.101. The van der Waals surface area contributed by atoms with E-state index in [-0.39, 0.29) is 17.2 Å². The quantitative estimate of drug-likeness (QED) is 0.472. The number of benzene rings is 2. The molecule has 0 aliphatic rings. The first-order valence-electron chi connectivity index (χ1n) is 9.22. The molecule has 2 N–H and O–H groups in total. The molecule has 0 bridgehead atoms. The van der Waals surface area contributed by atoms with Gasteiger partial charge in [0.25, 0.3) is 5.91 Å². The number of aromatic nitrogens is 2. The van der Waals surface area contributed by atoms with Gasteiger partial charge in [-0.05, 0) is 43.3 Å². The number of nitrogens with one attached hydrogen (secondary N) is 1. The van der Waals surface area contributed by atoms with Crippen molar-refractivity contribution in [3.8, 4) is 11.5 Å². The van der Waals surface area contributed by atoms with Gasteiger partial charge in [0.1, 0.15) is 5.03 Å². The zero-order chi connectivity index (χ0) is 21.1. The van der Waals surface area contributed by atoms with E-state index in [4.69, 9.17) is 4.74 Å². The normalized spacial score (nSPS) is 10.7. The Balaban J connectivity index is 1.54. The number of methoxy groups -OCH3 is 1. The third-order valence-corrected chi connectivity index (χ3v) is 5.43. The van der Waals surface area contributed by atoms with Crippen LogP contribution in [0.4, 0.5) is 5.69 Å². The van der Waals surface area contributed by atoms with E-state index >= 15 is 0 Å². The maximum absolute atomic E-state index is 12.5. The van der Waals surface area contributed by atoms with Crippen molar-refractivity contribution in [2.75, 3.05) is 12.4 Å². The fourth-order valence-electron chi connectivity index (χ4n) is 2.93. The lowest BCUT2D eigenvalue weighted by atomic mass is 10.2. The van der Waals surface area contributed by atoms with E-state index in [0.717, 1.165) is 20.8 Å². The second kappa shape index (κ2) is 8.42. The second-order valence-corrected chi connectivity index (χ2v) is 7.73. The van der Waals surface area contributed by atoms with Crippen molar-refractivity contribution < 1.29 is 14.6 Å². The van der Waals surface area contributed by atoms with Gasteiger partial charge in [-0.3, -0.25) is 4.79 Å². The van der Waals surface area contributed by atoms with E-state index in [1.807, 2.05) is 24.3 Å². The third-order valence-electron chi connectivity index (χ3n) is 4.49. The number of aryl methyl sites for hydroxylation is 1. The molecule has 4 aromatic rings. The molecule has 2 heterocycles. The Morgan fingerprint density at radius 2 is 1.87 bits per heavy atom. The Morgan fingerprint density at radius 3 is 2.63 bits per heavy atom. The molecule has 150 valence electrons. The van der Waals surface area contributed by atoms with E-state index in [9.17, 15) is 9.90 Å². The van der Waals surface area contributed by atoms with Gasteiger partial charge in [-0.1, -0.05) is 35.5 Å². The molecule has 0 fully saturated rings. The largest absolute Gasteiger partial charge is 0.503 e. The van der Waals surface area contributed by atoms with Crippen LogP contribution in [-0.2, 0) is 0 Å². The van der Waals surface area contributed by atoms with Crippen molar-refractivity contribution in [1.82, 2.24) is 9.97 Å². The number of fused-ring (bicyclic) bond motifs is 1. The van der Waals surface area contributed by atoms with Gasteiger partial charge in [0.05, 0.1) is 12.6 Å². The molecule has 30 heavy (non-hydrogen) atoms. The first-order valence-corrected chi connectivity index (χ1v) is 10.0. The molecule has 0 atom stereocenters.